The van der Waals surface area contributed by atoms with Crippen LogP contribution in [0.25, 0.3) is 0 Å². The van der Waals surface area contributed by atoms with E-state index < -0.39 is 0 Å². The van der Waals surface area contributed by atoms with E-state index in [1.54, 1.807) is 11.8 Å². The summed E-state index contributed by atoms with van der Waals surface area (Å²) < 4.78 is 5.95. The number of carbonyl (C=O) groups is 1. The van der Waals surface area contributed by atoms with Gasteiger partial charge >= 0.3 is 5.97 Å². The molecule has 0 amide bonds. The maximum Gasteiger partial charge on any atom is 0.323 e. The van der Waals surface area contributed by atoms with Crippen LogP contribution in [-0.2, 0) is 16.0 Å². The lowest BCUT2D eigenvalue weighted by atomic mass is 9.99. The molecule has 1 aromatic rings. The van der Waals surface area contributed by atoms with Gasteiger partial charge in [0, 0.05) is 9.72 Å². The number of esters is 1. The molecular formula is C12H13BrO2S. The van der Waals surface area contributed by atoms with E-state index in [4.69, 9.17) is 4.74 Å². The van der Waals surface area contributed by atoms with Gasteiger partial charge in [-0.3, -0.25) is 4.79 Å². The third-order valence-corrected chi connectivity index (χ3v) is 4.81. The summed E-state index contributed by atoms with van der Waals surface area (Å²) in [5, 5.41) is 0.261. The first-order valence-corrected chi connectivity index (χ1v) is 6.87. The van der Waals surface area contributed by atoms with E-state index in [1.165, 1.54) is 12.7 Å². The molecule has 0 N–H and O–H groups in total. The molecule has 1 aliphatic rings. The quantitative estimate of drug-likeness (QED) is 0.744. The Kier molecular flexibility index (Phi) is 3.60. The number of methoxy groups -OCH3 is 1. The van der Waals surface area contributed by atoms with Crippen molar-refractivity contribution >= 4 is 33.7 Å². The highest BCUT2D eigenvalue weighted by Gasteiger charge is 2.32. The summed E-state index contributed by atoms with van der Waals surface area (Å²) in [5.41, 5.74) is 2.33. The second-order valence-corrected chi connectivity index (χ2v) is 6.26. The Hall–Kier alpha value is -0.480. The molecule has 0 radical (unpaired) electrons. The molecule has 2 nitrogen and oxygen atoms in total. The molecule has 0 spiro atoms. The number of benzene rings is 1. The van der Waals surface area contributed by atoms with Gasteiger partial charge < -0.3 is 4.74 Å². The number of thioether (sulfide) groups is 1. The Balaban J connectivity index is 2.46. The van der Waals surface area contributed by atoms with Crippen LogP contribution < -0.4 is 0 Å². The molecule has 0 saturated heterocycles. The normalized spacial score (nSPS) is 23.7. The van der Waals surface area contributed by atoms with Crippen molar-refractivity contribution in [3.8, 4) is 0 Å². The fourth-order valence-corrected chi connectivity index (χ4v) is 3.81. The van der Waals surface area contributed by atoms with Crippen molar-refractivity contribution in [3.05, 3.63) is 33.8 Å². The molecule has 4 heteroatoms. The molecule has 1 aromatic carbocycles. The van der Waals surface area contributed by atoms with Crippen LogP contribution in [0.2, 0.25) is 0 Å². The van der Waals surface area contributed by atoms with Crippen LogP contribution in [0.3, 0.4) is 0 Å². The first-order valence-electron chi connectivity index (χ1n) is 5.14. The minimum absolute atomic E-state index is 0.157. The summed E-state index contributed by atoms with van der Waals surface area (Å²) in [6, 6.07) is 6.01. The fourth-order valence-electron chi connectivity index (χ4n) is 1.97. The highest BCUT2D eigenvalue weighted by Crippen LogP contribution is 2.43. The minimum Gasteiger partial charge on any atom is -0.468 e. The van der Waals surface area contributed by atoms with E-state index in [-0.39, 0.29) is 11.2 Å². The van der Waals surface area contributed by atoms with Crippen molar-refractivity contribution in [1.29, 1.82) is 0 Å². The Morgan fingerprint density at radius 3 is 3.00 bits per heavy atom. The largest absolute Gasteiger partial charge is 0.468 e. The molecule has 0 bridgehead atoms. The van der Waals surface area contributed by atoms with Crippen molar-refractivity contribution in [2.75, 3.05) is 7.11 Å². The van der Waals surface area contributed by atoms with Gasteiger partial charge in [0.25, 0.3) is 0 Å². The van der Waals surface area contributed by atoms with E-state index in [9.17, 15) is 4.79 Å². The molecule has 1 heterocycles. The molecule has 2 rings (SSSR count). The second kappa shape index (κ2) is 4.80. The molecule has 0 aromatic heterocycles. The first kappa shape index (κ1) is 12.0. The van der Waals surface area contributed by atoms with Gasteiger partial charge in [-0.25, -0.2) is 0 Å². The van der Waals surface area contributed by atoms with Crippen LogP contribution in [0.5, 0.6) is 0 Å². The first-order chi connectivity index (χ1) is 7.63. The van der Waals surface area contributed by atoms with Crippen molar-refractivity contribution < 1.29 is 9.53 Å². The number of hydrogen-bond donors (Lipinski definition) is 0. The van der Waals surface area contributed by atoms with Gasteiger partial charge in [-0.15, -0.1) is 11.8 Å². The lowest BCUT2D eigenvalue weighted by Gasteiger charge is -2.28. The summed E-state index contributed by atoms with van der Waals surface area (Å²) in [7, 11) is 1.44. The van der Waals surface area contributed by atoms with Crippen LogP contribution in [0.1, 0.15) is 23.3 Å². The lowest BCUT2D eigenvalue weighted by molar-refractivity contribution is -0.140. The average molecular weight is 301 g/mol. The summed E-state index contributed by atoms with van der Waals surface area (Å²) in [6.45, 7) is 2.14. The maximum atomic E-state index is 11.7. The van der Waals surface area contributed by atoms with E-state index in [0.717, 1.165) is 16.5 Å². The lowest BCUT2D eigenvalue weighted by Crippen LogP contribution is -2.22. The molecule has 0 fully saturated rings. The fraction of sp³-hybridized carbons (Fsp3) is 0.417. The van der Waals surface area contributed by atoms with Gasteiger partial charge in [0.15, 0.2) is 0 Å². The molecular weight excluding hydrogens is 288 g/mol. The molecule has 0 saturated carbocycles. The maximum absolute atomic E-state index is 11.7. The van der Waals surface area contributed by atoms with Crippen LogP contribution in [0.15, 0.2) is 22.7 Å². The smallest absolute Gasteiger partial charge is 0.323 e. The Morgan fingerprint density at radius 1 is 1.56 bits per heavy atom. The van der Waals surface area contributed by atoms with Crippen LogP contribution in [0.4, 0.5) is 0 Å². The number of rotatable bonds is 1. The second-order valence-electron chi connectivity index (χ2n) is 3.86. The molecule has 2 unspecified atom stereocenters. The molecule has 16 heavy (non-hydrogen) atoms. The molecule has 86 valence electrons. The van der Waals surface area contributed by atoms with Gasteiger partial charge in [0.05, 0.1) is 7.11 Å². The number of halogens is 1. The SMILES string of the molecule is COC(=O)C1SC(C)Cc2c(Br)cccc21. The zero-order valence-electron chi connectivity index (χ0n) is 9.20. The van der Waals surface area contributed by atoms with Gasteiger partial charge in [-0.05, 0) is 23.6 Å². The van der Waals surface area contributed by atoms with Crippen LogP contribution >= 0.6 is 27.7 Å². The molecule has 0 aliphatic carbocycles. The van der Waals surface area contributed by atoms with Crippen LogP contribution in [0, 0.1) is 0 Å². The van der Waals surface area contributed by atoms with Gasteiger partial charge in [-0.1, -0.05) is 35.0 Å². The van der Waals surface area contributed by atoms with Crippen molar-refractivity contribution in [1.82, 2.24) is 0 Å². The number of carbonyl (C=O) groups excluding carboxylic acids is 1. The highest BCUT2D eigenvalue weighted by atomic mass is 79.9. The standard InChI is InChI=1S/C12H13BrO2S/c1-7-6-9-8(4-3-5-10(9)13)11(16-7)12(14)15-2/h3-5,7,11H,6H2,1-2H3. The summed E-state index contributed by atoms with van der Waals surface area (Å²) >= 11 is 5.22. The Morgan fingerprint density at radius 2 is 2.31 bits per heavy atom. The molecule has 1 aliphatic heterocycles. The van der Waals surface area contributed by atoms with Crippen molar-refractivity contribution in [3.63, 3.8) is 0 Å². The van der Waals surface area contributed by atoms with Crippen molar-refractivity contribution in [2.24, 2.45) is 0 Å². The van der Waals surface area contributed by atoms with E-state index >= 15 is 0 Å². The van der Waals surface area contributed by atoms with Crippen LogP contribution in [-0.4, -0.2) is 18.3 Å². The number of hydrogen-bond acceptors (Lipinski definition) is 3. The minimum atomic E-state index is -0.179. The highest BCUT2D eigenvalue weighted by molar-refractivity contribution is 9.10. The number of fused-ring (bicyclic) bond motifs is 1. The zero-order valence-corrected chi connectivity index (χ0v) is 11.6. The third kappa shape index (κ3) is 2.13. The van der Waals surface area contributed by atoms with Crippen molar-refractivity contribution in [2.45, 2.75) is 23.8 Å². The van der Waals surface area contributed by atoms with E-state index in [0.29, 0.717) is 5.25 Å². The Labute approximate surface area is 108 Å². The zero-order chi connectivity index (χ0) is 11.7. The summed E-state index contributed by atoms with van der Waals surface area (Å²) in [4.78, 5) is 11.7. The molecule has 2 atom stereocenters. The van der Waals surface area contributed by atoms with E-state index in [1.807, 2.05) is 18.2 Å². The van der Waals surface area contributed by atoms with Gasteiger partial charge in [-0.2, -0.15) is 0 Å². The third-order valence-electron chi connectivity index (χ3n) is 2.71. The predicted molar refractivity (Wildman–Crippen MR) is 69.7 cm³/mol. The Bertz CT molecular complexity index is 419. The van der Waals surface area contributed by atoms with Gasteiger partial charge in [0.1, 0.15) is 5.25 Å². The predicted octanol–water partition coefficient (Wildman–Crippen LogP) is 3.34. The number of ether oxygens (including phenoxy) is 1. The average Bonchev–Trinajstić information content (AvgIpc) is 2.28. The van der Waals surface area contributed by atoms with Gasteiger partial charge in [0.2, 0.25) is 0 Å². The monoisotopic (exact) mass is 300 g/mol. The summed E-state index contributed by atoms with van der Waals surface area (Å²) in [5.74, 6) is -0.157. The van der Waals surface area contributed by atoms with E-state index in [2.05, 4.69) is 22.9 Å². The topological polar surface area (TPSA) is 26.3 Å². The summed E-state index contributed by atoms with van der Waals surface area (Å²) in [6.07, 6.45) is 0.995.